The first-order chi connectivity index (χ1) is 8.81. The molecule has 0 amide bonds. The van der Waals surface area contributed by atoms with E-state index in [4.69, 9.17) is 4.74 Å². The highest BCUT2D eigenvalue weighted by molar-refractivity contribution is 5.89. The van der Waals surface area contributed by atoms with Gasteiger partial charge < -0.3 is 10.1 Å². The summed E-state index contributed by atoms with van der Waals surface area (Å²) in [6.07, 6.45) is 3.90. The topological polar surface area (TPSA) is 38.3 Å². The molecule has 2 rings (SSSR count). The van der Waals surface area contributed by atoms with Crippen molar-refractivity contribution in [3.05, 3.63) is 48.0 Å². The standard InChI is InChI=1S/C15H19NO2/c1-2-11-18-15(17)14-5-3-12(4-6-14)13-7-9-16-10-8-13/h2-6,13,16H,1,7-11H2. The SMILES string of the molecule is C=CCOC(=O)c1ccc(C2CCNCC2)cc1. The predicted octanol–water partition coefficient (Wildman–Crippen LogP) is 2.50. The number of hydrogen-bond acceptors (Lipinski definition) is 3. The van der Waals surface area contributed by atoms with E-state index in [1.165, 1.54) is 18.4 Å². The fraction of sp³-hybridized carbons (Fsp3) is 0.400. The van der Waals surface area contributed by atoms with E-state index in [1.807, 2.05) is 24.3 Å². The van der Waals surface area contributed by atoms with E-state index in [0.717, 1.165) is 13.1 Å². The Bertz CT molecular complexity index is 405. The largest absolute Gasteiger partial charge is 0.458 e. The number of benzene rings is 1. The molecule has 0 atom stereocenters. The zero-order valence-electron chi connectivity index (χ0n) is 10.5. The van der Waals surface area contributed by atoms with E-state index >= 15 is 0 Å². The molecular formula is C15H19NO2. The molecule has 0 aromatic heterocycles. The molecule has 0 radical (unpaired) electrons. The molecule has 0 saturated carbocycles. The van der Waals surface area contributed by atoms with Crippen molar-refractivity contribution in [3.63, 3.8) is 0 Å². The van der Waals surface area contributed by atoms with Gasteiger partial charge in [-0.05, 0) is 49.5 Å². The highest BCUT2D eigenvalue weighted by Crippen LogP contribution is 2.25. The number of hydrogen-bond donors (Lipinski definition) is 1. The molecule has 96 valence electrons. The van der Waals surface area contributed by atoms with Gasteiger partial charge in [-0.2, -0.15) is 0 Å². The lowest BCUT2D eigenvalue weighted by Crippen LogP contribution is -2.26. The summed E-state index contributed by atoms with van der Waals surface area (Å²) in [7, 11) is 0. The Morgan fingerprint density at radius 2 is 2.00 bits per heavy atom. The van der Waals surface area contributed by atoms with Crippen LogP contribution in [0.25, 0.3) is 0 Å². The molecule has 0 aliphatic carbocycles. The lowest BCUT2D eigenvalue weighted by Gasteiger charge is -2.23. The first-order valence-electron chi connectivity index (χ1n) is 6.40. The molecule has 1 aliphatic rings. The normalized spacial score (nSPS) is 16.2. The second-order valence-electron chi connectivity index (χ2n) is 4.53. The summed E-state index contributed by atoms with van der Waals surface area (Å²) in [5.74, 6) is 0.330. The lowest BCUT2D eigenvalue weighted by atomic mass is 9.90. The van der Waals surface area contributed by atoms with Crippen LogP contribution in [0.4, 0.5) is 0 Å². The van der Waals surface area contributed by atoms with Crippen molar-refractivity contribution in [1.82, 2.24) is 5.32 Å². The van der Waals surface area contributed by atoms with Crippen molar-refractivity contribution < 1.29 is 9.53 Å². The Labute approximate surface area is 108 Å². The third kappa shape index (κ3) is 3.20. The number of esters is 1. The zero-order valence-corrected chi connectivity index (χ0v) is 10.5. The van der Waals surface area contributed by atoms with Crippen molar-refractivity contribution in [3.8, 4) is 0 Å². The minimum absolute atomic E-state index is 0.259. The number of rotatable bonds is 4. The van der Waals surface area contributed by atoms with Crippen LogP contribution in [0.2, 0.25) is 0 Å². The summed E-state index contributed by atoms with van der Waals surface area (Å²) in [5, 5.41) is 3.35. The Kier molecular flexibility index (Phi) is 4.53. The third-order valence-corrected chi connectivity index (χ3v) is 3.29. The summed E-state index contributed by atoms with van der Waals surface area (Å²) in [4.78, 5) is 11.6. The van der Waals surface area contributed by atoms with E-state index in [0.29, 0.717) is 11.5 Å². The minimum atomic E-state index is -0.285. The maximum atomic E-state index is 11.6. The van der Waals surface area contributed by atoms with Crippen LogP contribution in [-0.2, 0) is 4.74 Å². The van der Waals surface area contributed by atoms with E-state index < -0.39 is 0 Å². The van der Waals surface area contributed by atoms with Gasteiger partial charge >= 0.3 is 5.97 Å². The van der Waals surface area contributed by atoms with Crippen LogP contribution in [0.5, 0.6) is 0 Å². The predicted molar refractivity (Wildman–Crippen MR) is 71.8 cm³/mol. The molecule has 0 spiro atoms. The molecule has 3 heteroatoms. The molecule has 0 bridgehead atoms. The van der Waals surface area contributed by atoms with Gasteiger partial charge in [-0.3, -0.25) is 0 Å². The van der Waals surface area contributed by atoms with Gasteiger partial charge in [0.25, 0.3) is 0 Å². The maximum Gasteiger partial charge on any atom is 0.338 e. The third-order valence-electron chi connectivity index (χ3n) is 3.29. The van der Waals surface area contributed by atoms with Crippen LogP contribution < -0.4 is 5.32 Å². The van der Waals surface area contributed by atoms with Crippen molar-refractivity contribution in [2.24, 2.45) is 0 Å². The van der Waals surface area contributed by atoms with Gasteiger partial charge in [-0.1, -0.05) is 24.8 Å². The summed E-state index contributed by atoms with van der Waals surface area (Å²) < 4.78 is 5.00. The average molecular weight is 245 g/mol. The van der Waals surface area contributed by atoms with Gasteiger partial charge in [0.2, 0.25) is 0 Å². The number of nitrogens with one attached hydrogen (secondary N) is 1. The summed E-state index contributed by atoms with van der Waals surface area (Å²) in [5.41, 5.74) is 1.92. The molecule has 0 unspecified atom stereocenters. The molecule has 1 aliphatic heterocycles. The number of piperidine rings is 1. The van der Waals surface area contributed by atoms with Crippen LogP contribution in [-0.4, -0.2) is 25.7 Å². The van der Waals surface area contributed by atoms with Crippen LogP contribution in [0.3, 0.4) is 0 Å². The van der Waals surface area contributed by atoms with Crippen LogP contribution in [0, 0.1) is 0 Å². The highest BCUT2D eigenvalue weighted by atomic mass is 16.5. The van der Waals surface area contributed by atoms with Crippen LogP contribution >= 0.6 is 0 Å². The van der Waals surface area contributed by atoms with Crippen LogP contribution in [0.1, 0.15) is 34.7 Å². The molecule has 3 nitrogen and oxygen atoms in total. The van der Waals surface area contributed by atoms with Gasteiger partial charge in [0.05, 0.1) is 5.56 Å². The van der Waals surface area contributed by atoms with Gasteiger partial charge in [0, 0.05) is 0 Å². The van der Waals surface area contributed by atoms with E-state index in [2.05, 4.69) is 11.9 Å². The van der Waals surface area contributed by atoms with Gasteiger partial charge in [-0.25, -0.2) is 4.79 Å². The summed E-state index contributed by atoms with van der Waals surface area (Å²) in [6.45, 7) is 5.93. The highest BCUT2D eigenvalue weighted by Gasteiger charge is 2.15. The summed E-state index contributed by atoms with van der Waals surface area (Å²) >= 11 is 0. The Hall–Kier alpha value is -1.61. The number of carbonyl (C=O) groups is 1. The van der Waals surface area contributed by atoms with E-state index in [9.17, 15) is 4.79 Å². The van der Waals surface area contributed by atoms with E-state index in [-0.39, 0.29) is 12.6 Å². The smallest absolute Gasteiger partial charge is 0.338 e. The molecule has 1 N–H and O–H groups in total. The number of carbonyl (C=O) groups excluding carboxylic acids is 1. The molecule has 1 aromatic rings. The summed E-state index contributed by atoms with van der Waals surface area (Å²) in [6, 6.07) is 7.78. The quantitative estimate of drug-likeness (QED) is 0.654. The molecule has 1 aromatic carbocycles. The average Bonchev–Trinajstić information content (AvgIpc) is 2.46. The van der Waals surface area contributed by atoms with Gasteiger partial charge in [0.1, 0.15) is 6.61 Å². The molecule has 1 saturated heterocycles. The Morgan fingerprint density at radius 1 is 1.33 bits per heavy atom. The van der Waals surface area contributed by atoms with Crippen molar-refractivity contribution >= 4 is 5.97 Å². The van der Waals surface area contributed by atoms with Gasteiger partial charge in [0.15, 0.2) is 0 Å². The maximum absolute atomic E-state index is 11.6. The Balaban J connectivity index is 2.00. The second kappa shape index (κ2) is 6.36. The Morgan fingerprint density at radius 3 is 2.61 bits per heavy atom. The minimum Gasteiger partial charge on any atom is -0.458 e. The number of ether oxygens (including phenoxy) is 1. The van der Waals surface area contributed by atoms with E-state index in [1.54, 1.807) is 6.08 Å². The first kappa shape index (κ1) is 12.8. The van der Waals surface area contributed by atoms with Gasteiger partial charge in [-0.15, -0.1) is 0 Å². The van der Waals surface area contributed by atoms with Crippen molar-refractivity contribution in [1.29, 1.82) is 0 Å². The van der Waals surface area contributed by atoms with Crippen LogP contribution in [0.15, 0.2) is 36.9 Å². The fourth-order valence-electron chi connectivity index (χ4n) is 2.26. The molecular weight excluding hydrogens is 226 g/mol. The lowest BCUT2D eigenvalue weighted by molar-refractivity contribution is 0.0549. The first-order valence-corrected chi connectivity index (χ1v) is 6.40. The fourth-order valence-corrected chi connectivity index (χ4v) is 2.26. The molecule has 1 heterocycles. The second-order valence-corrected chi connectivity index (χ2v) is 4.53. The van der Waals surface area contributed by atoms with Crippen molar-refractivity contribution in [2.45, 2.75) is 18.8 Å². The monoisotopic (exact) mass is 245 g/mol. The van der Waals surface area contributed by atoms with Crippen molar-refractivity contribution in [2.75, 3.05) is 19.7 Å². The molecule has 18 heavy (non-hydrogen) atoms. The molecule has 1 fully saturated rings. The zero-order chi connectivity index (χ0) is 12.8.